The van der Waals surface area contributed by atoms with Gasteiger partial charge >= 0.3 is 5.69 Å². The molecule has 0 saturated heterocycles. The van der Waals surface area contributed by atoms with Gasteiger partial charge in [-0.05, 0) is 30.5 Å². The fourth-order valence-corrected chi connectivity index (χ4v) is 2.71. The van der Waals surface area contributed by atoms with Crippen LogP contribution in [0.25, 0.3) is 0 Å². The number of rotatable bonds is 6. The minimum absolute atomic E-state index is 0.0698. The zero-order chi connectivity index (χ0) is 18.0. The van der Waals surface area contributed by atoms with Crippen molar-refractivity contribution in [3.05, 3.63) is 62.9 Å². The molecule has 7 nitrogen and oxygen atoms in total. The fraction of sp³-hybridized carbons (Fsp3) is 0.389. The highest BCUT2D eigenvalue weighted by atomic mass is 16.5. The minimum Gasteiger partial charge on any atom is -0.497 e. The van der Waals surface area contributed by atoms with Crippen LogP contribution in [-0.2, 0) is 24.9 Å². The topological polar surface area (TPSA) is 73.5 Å². The summed E-state index contributed by atoms with van der Waals surface area (Å²) in [5.74, 6) is 0.642. The summed E-state index contributed by atoms with van der Waals surface area (Å²) in [6.07, 6.45) is 3.33. The second-order valence-electron chi connectivity index (χ2n) is 6.22. The number of hydrogen-bond donors (Lipinski definition) is 0. The number of amides is 1. The van der Waals surface area contributed by atoms with E-state index in [-0.39, 0.29) is 24.1 Å². The number of hydrogen-bond acceptors (Lipinski definition) is 4. The van der Waals surface area contributed by atoms with Gasteiger partial charge in [-0.25, -0.2) is 4.79 Å². The van der Waals surface area contributed by atoms with Crippen LogP contribution in [0.2, 0.25) is 0 Å². The Morgan fingerprint density at radius 2 is 1.88 bits per heavy atom. The fourth-order valence-electron chi connectivity index (χ4n) is 2.71. The highest BCUT2D eigenvalue weighted by Crippen LogP contribution is 2.29. The molecule has 0 aliphatic heterocycles. The van der Waals surface area contributed by atoms with E-state index in [1.807, 2.05) is 24.3 Å². The molecule has 0 radical (unpaired) electrons. The Hall–Kier alpha value is -2.83. The van der Waals surface area contributed by atoms with Gasteiger partial charge in [-0.2, -0.15) is 0 Å². The van der Waals surface area contributed by atoms with Crippen molar-refractivity contribution in [2.75, 3.05) is 7.11 Å². The first-order valence-electron chi connectivity index (χ1n) is 8.18. The third-order valence-corrected chi connectivity index (χ3v) is 4.39. The van der Waals surface area contributed by atoms with E-state index in [0.717, 1.165) is 28.7 Å². The minimum atomic E-state index is -0.485. The molecule has 1 fully saturated rings. The van der Waals surface area contributed by atoms with Crippen LogP contribution in [-0.4, -0.2) is 33.1 Å². The zero-order valence-corrected chi connectivity index (χ0v) is 14.3. The summed E-state index contributed by atoms with van der Waals surface area (Å²) < 4.78 is 7.42. The molecule has 132 valence electrons. The molecule has 1 aliphatic carbocycles. The molecule has 0 unspecified atom stereocenters. The highest BCUT2D eigenvalue weighted by molar-refractivity contribution is 5.76. The van der Waals surface area contributed by atoms with E-state index < -0.39 is 5.69 Å². The maximum atomic E-state index is 12.7. The van der Waals surface area contributed by atoms with Crippen LogP contribution in [0, 0.1) is 0 Å². The molecular formula is C18H21N3O4. The van der Waals surface area contributed by atoms with Crippen molar-refractivity contribution in [1.82, 2.24) is 14.0 Å². The van der Waals surface area contributed by atoms with Crippen LogP contribution in [0.1, 0.15) is 18.4 Å². The van der Waals surface area contributed by atoms with Crippen molar-refractivity contribution in [3.8, 4) is 5.75 Å². The third kappa shape index (κ3) is 3.81. The Balaban J connectivity index is 1.76. The first-order chi connectivity index (χ1) is 12.0. The van der Waals surface area contributed by atoms with Gasteiger partial charge in [0.25, 0.3) is 5.56 Å². The SMILES string of the molecule is COc1ccc(CN(C(=O)Cn2ccc(=O)n(C)c2=O)C2CC2)cc1. The standard InChI is InChI=1S/C18H21N3O4/c1-19-16(22)9-10-20(18(19)24)12-17(23)21(14-5-6-14)11-13-3-7-15(25-2)8-4-13/h3-4,7-10,14H,5-6,11-12H2,1-2H3. The summed E-state index contributed by atoms with van der Waals surface area (Å²) in [6, 6.07) is 9.10. The maximum absolute atomic E-state index is 12.7. The van der Waals surface area contributed by atoms with Gasteiger partial charge in [0.05, 0.1) is 7.11 Å². The lowest BCUT2D eigenvalue weighted by Crippen LogP contribution is -2.42. The van der Waals surface area contributed by atoms with Crippen molar-refractivity contribution in [1.29, 1.82) is 0 Å². The molecule has 25 heavy (non-hydrogen) atoms. The average Bonchev–Trinajstić information content (AvgIpc) is 3.45. The Bertz CT molecular complexity index is 878. The summed E-state index contributed by atoms with van der Waals surface area (Å²) in [5.41, 5.74) is 0.140. The second-order valence-corrected chi connectivity index (χ2v) is 6.22. The van der Waals surface area contributed by atoms with E-state index in [4.69, 9.17) is 4.74 Å². The largest absolute Gasteiger partial charge is 0.497 e. The molecule has 0 N–H and O–H groups in total. The van der Waals surface area contributed by atoms with Crippen LogP contribution in [0.3, 0.4) is 0 Å². The molecule has 1 aliphatic rings. The molecule has 1 heterocycles. The smallest absolute Gasteiger partial charge is 0.331 e. The monoisotopic (exact) mass is 343 g/mol. The van der Waals surface area contributed by atoms with Crippen LogP contribution in [0.4, 0.5) is 0 Å². The summed E-state index contributed by atoms with van der Waals surface area (Å²) in [6.45, 7) is 0.424. The van der Waals surface area contributed by atoms with E-state index in [1.165, 1.54) is 23.9 Å². The van der Waals surface area contributed by atoms with Gasteiger partial charge in [-0.3, -0.25) is 18.7 Å². The van der Waals surface area contributed by atoms with Crippen molar-refractivity contribution in [2.45, 2.75) is 32.0 Å². The molecule has 0 bridgehead atoms. The number of aromatic nitrogens is 2. The molecule has 1 aromatic carbocycles. The number of benzene rings is 1. The van der Waals surface area contributed by atoms with Crippen molar-refractivity contribution in [2.24, 2.45) is 7.05 Å². The molecule has 7 heteroatoms. The summed E-state index contributed by atoms with van der Waals surface area (Å²) in [4.78, 5) is 38.1. The summed E-state index contributed by atoms with van der Waals surface area (Å²) >= 11 is 0. The van der Waals surface area contributed by atoms with Crippen LogP contribution in [0.15, 0.2) is 46.1 Å². The molecule has 1 saturated carbocycles. The van der Waals surface area contributed by atoms with Gasteiger partial charge in [0.1, 0.15) is 12.3 Å². The van der Waals surface area contributed by atoms with Gasteiger partial charge in [0.2, 0.25) is 5.91 Å². The van der Waals surface area contributed by atoms with Crippen LogP contribution >= 0.6 is 0 Å². The quantitative estimate of drug-likeness (QED) is 0.776. The van der Waals surface area contributed by atoms with E-state index >= 15 is 0 Å². The Kier molecular flexibility index (Phi) is 4.74. The second kappa shape index (κ2) is 6.96. The predicted molar refractivity (Wildman–Crippen MR) is 92.5 cm³/mol. The Morgan fingerprint density at radius 1 is 1.20 bits per heavy atom. The lowest BCUT2D eigenvalue weighted by Gasteiger charge is -2.23. The van der Waals surface area contributed by atoms with Gasteiger partial charge in [-0.15, -0.1) is 0 Å². The van der Waals surface area contributed by atoms with Gasteiger partial charge < -0.3 is 9.64 Å². The molecule has 1 aromatic heterocycles. The number of nitrogens with zero attached hydrogens (tertiary/aromatic N) is 3. The summed E-state index contributed by atoms with van der Waals surface area (Å²) in [5, 5.41) is 0. The molecule has 3 rings (SSSR count). The molecule has 1 amide bonds. The van der Waals surface area contributed by atoms with E-state index in [1.54, 1.807) is 12.0 Å². The van der Waals surface area contributed by atoms with E-state index in [9.17, 15) is 14.4 Å². The van der Waals surface area contributed by atoms with Gasteiger partial charge in [-0.1, -0.05) is 12.1 Å². The Morgan fingerprint density at radius 3 is 2.48 bits per heavy atom. The average molecular weight is 343 g/mol. The molecular weight excluding hydrogens is 322 g/mol. The first-order valence-corrected chi connectivity index (χ1v) is 8.18. The van der Waals surface area contributed by atoms with Gasteiger partial charge in [0.15, 0.2) is 0 Å². The lowest BCUT2D eigenvalue weighted by molar-refractivity contribution is -0.133. The van der Waals surface area contributed by atoms with Gasteiger partial charge in [0, 0.05) is 31.9 Å². The number of ether oxygens (including phenoxy) is 1. The Labute approximate surface area is 145 Å². The van der Waals surface area contributed by atoms with E-state index in [2.05, 4.69) is 0 Å². The van der Waals surface area contributed by atoms with Crippen LogP contribution in [0.5, 0.6) is 5.75 Å². The molecule has 2 aromatic rings. The van der Waals surface area contributed by atoms with Crippen LogP contribution < -0.4 is 16.0 Å². The van der Waals surface area contributed by atoms with E-state index in [0.29, 0.717) is 6.54 Å². The normalized spacial score (nSPS) is 13.5. The van der Waals surface area contributed by atoms with Crippen molar-refractivity contribution < 1.29 is 9.53 Å². The highest BCUT2D eigenvalue weighted by Gasteiger charge is 2.32. The number of carbonyl (C=O) groups is 1. The maximum Gasteiger partial charge on any atom is 0.331 e. The van der Waals surface area contributed by atoms with Crippen molar-refractivity contribution in [3.63, 3.8) is 0 Å². The molecule has 0 spiro atoms. The summed E-state index contributed by atoms with van der Waals surface area (Å²) in [7, 11) is 3.02. The number of methoxy groups -OCH3 is 1. The first kappa shape index (κ1) is 17.0. The third-order valence-electron chi connectivity index (χ3n) is 4.39. The van der Waals surface area contributed by atoms with Crippen molar-refractivity contribution >= 4 is 5.91 Å². The lowest BCUT2D eigenvalue weighted by atomic mass is 10.2. The predicted octanol–water partition coefficient (Wildman–Crippen LogP) is 0.747. The zero-order valence-electron chi connectivity index (χ0n) is 14.3. The number of carbonyl (C=O) groups excluding carboxylic acids is 1. The molecule has 0 atom stereocenters.